The van der Waals surface area contributed by atoms with Crippen LogP contribution in [0.3, 0.4) is 0 Å². The fraction of sp³-hybridized carbons (Fsp3) is 0.318. The summed E-state index contributed by atoms with van der Waals surface area (Å²) in [4.78, 5) is 14.3. The molecule has 1 amide bonds. The molecule has 0 aliphatic carbocycles. The Labute approximate surface area is 166 Å². The number of aromatic nitrogens is 4. The maximum atomic E-state index is 12.6. The number of hydrogen-bond acceptors (Lipinski definition) is 3. The van der Waals surface area contributed by atoms with Crippen molar-refractivity contribution in [3.63, 3.8) is 0 Å². The molecule has 0 aliphatic heterocycles. The van der Waals surface area contributed by atoms with E-state index in [0.717, 1.165) is 39.6 Å². The number of hydrogen-bond donors (Lipinski definition) is 0. The third-order valence-electron chi connectivity index (χ3n) is 5.17. The Morgan fingerprint density at radius 2 is 1.71 bits per heavy atom. The molecule has 0 bridgehead atoms. The minimum atomic E-state index is -0.0473. The van der Waals surface area contributed by atoms with Crippen LogP contribution in [0.2, 0.25) is 0 Å². The molecule has 0 spiro atoms. The summed E-state index contributed by atoms with van der Waals surface area (Å²) in [6, 6.07) is 10.0. The monoisotopic (exact) mass is 377 g/mol. The molecule has 3 aromatic rings. The number of para-hydroxylation sites is 1. The first-order valence-electron chi connectivity index (χ1n) is 9.33. The van der Waals surface area contributed by atoms with E-state index in [0.29, 0.717) is 6.54 Å². The summed E-state index contributed by atoms with van der Waals surface area (Å²) in [5, 5.41) is 9.05. The summed E-state index contributed by atoms with van der Waals surface area (Å²) < 4.78 is 3.76. The molecular formula is C22H27N5O. The van der Waals surface area contributed by atoms with E-state index in [1.807, 2.05) is 87.6 Å². The molecule has 0 atom stereocenters. The van der Waals surface area contributed by atoms with Crippen molar-refractivity contribution in [2.75, 3.05) is 7.05 Å². The van der Waals surface area contributed by atoms with E-state index in [2.05, 4.69) is 10.2 Å². The van der Waals surface area contributed by atoms with Crippen molar-refractivity contribution >= 4 is 12.0 Å². The molecule has 0 saturated heterocycles. The SMILES string of the molecule is Cc1nn(C)c(C)c1C=CC(=O)N(C)Cc1c(C)nn(-c2ccccc2)c1C. The molecule has 146 valence electrons. The van der Waals surface area contributed by atoms with Gasteiger partial charge in [0, 0.05) is 49.2 Å². The molecular weight excluding hydrogens is 350 g/mol. The highest BCUT2D eigenvalue weighted by Crippen LogP contribution is 2.20. The number of carbonyl (C=O) groups is 1. The van der Waals surface area contributed by atoms with Crippen molar-refractivity contribution < 1.29 is 4.79 Å². The summed E-state index contributed by atoms with van der Waals surface area (Å²) in [5.41, 5.74) is 7.03. The predicted molar refractivity (Wildman–Crippen MR) is 111 cm³/mol. The molecule has 3 rings (SSSR count). The third-order valence-corrected chi connectivity index (χ3v) is 5.17. The minimum absolute atomic E-state index is 0.0473. The smallest absolute Gasteiger partial charge is 0.246 e. The van der Waals surface area contributed by atoms with Crippen LogP contribution in [0.15, 0.2) is 36.4 Å². The maximum Gasteiger partial charge on any atom is 0.246 e. The first kappa shape index (κ1) is 19.6. The molecule has 2 heterocycles. The second-order valence-corrected chi connectivity index (χ2v) is 7.13. The lowest BCUT2D eigenvalue weighted by Gasteiger charge is -2.15. The normalized spacial score (nSPS) is 11.4. The van der Waals surface area contributed by atoms with Crippen molar-refractivity contribution in [2.24, 2.45) is 7.05 Å². The lowest BCUT2D eigenvalue weighted by Crippen LogP contribution is -2.24. The lowest BCUT2D eigenvalue weighted by molar-refractivity contribution is -0.125. The van der Waals surface area contributed by atoms with Crippen LogP contribution in [0.1, 0.15) is 33.9 Å². The number of likely N-dealkylation sites (N-methyl/N-ethyl adjacent to an activating group) is 1. The van der Waals surface area contributed by atoms with Crippen molar-refractivity contribution in [3.8, 4) is 5.69 Å². The molecule has 2 aromatic heterocycles. The van der Waals surface area contributed by atoms with Crippen LogP contribution in [0.5, 0.6) is 0 Å². The van der Waals surface area contributed by atoms with Gasteiger partial charge in [-0.3, -0.25) is 9.48 Å². The number of aryl methyl sites for hydroxylation is 3. The summed E-state index contributed by atoms with van der Waals surface area (Å²) in [5.74, 6) is -0.0473. The summed E-state index contributed by atoms with van der Waals surface area (Å²) >= 11 is 0. The number of rotatable bonds is 5. The van der Waals surface area contributed by atoms with E-state index in [1.54, 1.807) is 11.0 Å². The average Bonchev–Trinajstić information content (AvgIpc) is 3.09. The van der Waals surface area contributed by atoms with Gasteiger partial charge < -0.3 is 4.90 Å². The van der Waals surface area contributed by atoms with Gasteiger partial charge in [0.2, 0.25) is 5.91 Å². The van der Waals surface area contributed by atoms with Gasteiger partial charge in [0.15, 0.2) is 0 Å². The highest BCUT2D eigenvalue weighted by molar-refractivity contribution is 5.91. The van der Waals surface area contributed by atoms with E-state index >= 15 is 0 Å². The zero-order chi connectivity index (χ0) is 20.4. The zero-order valence-electron chi connectivity index (χ0n) is 17.4. The van der Waals surface area contributed by atoms with E-state index in [9.17, 15) is 4.79 Å². The highest BCUT2D eigenvalue weighted by atomic mass is 16.2. The van der Waals surface area contributed by atoms with Gasteiger partial charge in [0.1, 0.15) is 0 Å². The fourth-order valence-electron chi connectivity index (χ4n) is 3.35. The molecule has 0 aliphatic rings. The molecule has 28 heavy (non-hydrogen) atoms. The van der Waals surface area contributed by atoms with Crippen LogP contribution in [0.25, 0.3) is 11.8 Å². The van der Waals surface area contributed by atoms with Crippen molar-refractivity contribution in [2.45, 2.75) is 34.2 Å². The molecule has 0 radical (unpaired) electrons. The van der Waals surface area contributed by atoms with Gasteiger partial charge in [-0.1, -0.05) is 18.2 Å². The third kappa shape index (κ3) is 3.76. The van der Waals surface area contributed by atoms with Crippen LogP contribution in [-0.2, 0) is 18.4 Å². The number of nitrogens with zero attached hydrogens (tertiary/aromatic N) is 5. The Kier molecular flexibility index (Phi) is 5.49. The number of carbonyl (C=O) groups excluding carboxylic acids is 1. The zero-order valence-corrected chi connectivity index (χ0v) is 17.4. The quantitative estimate of drug-likeness (QED) is 0.640. The van der Waals surface area contributed by atoms with Crippen molar-refractivity contribution in [1.29, 1.82) is 0 Å². The molecule has 1 aromatic carbocycles. The average molecular weight is 377 g/mol. The molecule has 0 N–H and O–H groups in total. The van der Waals surface area contributed by atoms with Crippen LogP contribution in [-0.4, -0.2) is 37.4 Å². The fourth-order valence-corrected chi connectivity index (χ4v) is 3.35. The van der Waals surface area contributed by atoms with E-state index in [-0.39, 0.29) is 5.91 Å². The van der Waals surface area contributed by atoms with Gasteiger partial charge in [-0.2, -0.15) is 10.2 Å². The van der Waals surface area contributed by atoms with Gasteiger partial charge in [0.25, 0.3) is 0 Å². The van der Waals surface area contributed by atoms with Crippen molar-refractivity contribution in [1.82, 2.24) is 24.5 Å². The molecule has 6 nitrogen and oxygen atoms in total. The van der Waals surface area contributed by atoms with Gasteiger partial charge in [0.05, 0.1) is 17.1 Å². The highest BCUT2D eigenvalue weighted by Gasteiger charge is 2.16. The van der Waals surface area contributed by atoms with E-state index in [1.165, 1.54) is 0 Å². The Morgan fingerprint density at radius 3 is 2.32 bits per heavy atom. The summed E-state index contributed by atoms with van der Waals surface area (Å²) in [7, 11) is 3.72. The number of benzene rings is 1. The van der Waals surface area contributed by atoms with Crippen LogP contribution in [0.4, 0.5) is 0 Å². The minimum Gasteiger partial charge on any atom is -0.338 e. The van der Waals surface area contributed by atoms with Gasteiger partial charge >= 0.3 is 0 Å². The molecule has 6 heteroatoms. The molecule has 0 fully saturated rings. The topological polar surface area (TPSA) is 56.0 Å². The first-order valence-corrected chi connectivity index (χ1v) is 9.33. The van der Waals surface area contributed by atoms with Gasteiger partial charge in [-0.25, -0.2) is 4.68 Å². The second kappa shape index (κ2) is 7.84. The molecule has 0 unspecified atom stereocenters. The Bertz CT molecular complexity index is 1030. The van der Waals surface area contributed by atoms with Gasteiger partial charge in [-0.05, 0) is 45.9 Å². The second-order valence-electron chi connectivity index (χ2n) is 7.13. The van der Waals surface area contributed by atoms with Crippen molar-refractivity contribution in [3.05, 3.63) is 70.3 Å². The number of amides is 1. The predicted octanol–water partition coefficient (Wildman–Crippen LogP) is 3.51. The molecule has 0 saturated carbocycles. The van der Waals surface area contributed by atoms with E-state index < -0.39 is 0 Å². The summed E-state index contributed by atoms with van der Waals surface area (Å²) in [6.07, 6.45) is 3.47. The summed E-state index contributed by atoms with van der Waals surface area (Å²) in [6.45, 7) is 8.49. The lowest BCUT2D eigenvalue weighted by atomic mass is 10.1. The maximum absolute atomic E-state index is 12.6. The van der Waals surface area contributed by atoms with Crippen LogP contribution < -0.4 is 0 Å². The first-order chi connectivity index (χ1) is 13.3. The standard InChI is InChI=1S/C22H27N5O/c1-15-20(17(3)26(6)23-15)12-13-22(28)25(5)14-21-16(2)24-27(18(21)4)19-10-8-7-9-11-19/h7-13H,14H2,1-6H3. The van der Waals surface area contributed by atoms with Gasteiger partial charge in [-0.15, -0.1) is 0 Å². The van der Waals surface area contributed by atoms with Crippen LogP contribution >= 0.6 is 0 Å². The Morgan fingerprint density at radius 1 is 1.04 bits per heavy atom. The largest absolute Gasteiger partial charge is 0.338 e. The van der Waals surface area contributed by atoms with E-state index in [4.69, 9.17) is 0 Å². The van der Waals surface area contributed by atoms with Crippen LogP contribution in [0, 0.1) is 27.7 Å². The Hall–Kier alpha value is -3.15. The Balaban J connectivity index is 1.77.